The van der Waals surface area contributed by atoms with E-state index in [1.165, 1.54) is 24.0 Å². The number of likely N-dealkylation sites (N-methyl/N-ethyl adjacent to an activating group) is 1. The third-order valence-corrected chi connectivity index (χ3v) is 7.22. The van der Waals surface area contributed by atoms with Gasteiger partial charge in [0.2, 0.25) is 10.0 Å². The number of halogens is 1. The normalized spacial score (nSPS) is 13.0. The SMILES string of the molecule is CCN(CC)C(CNC(=NC)NCc1ccccc1S(=O)(=O)N(C)C)c1ccccc1.I. The van der Waals surface area contributed by atoms with Gasteiger partial charge in [-0.25, -0.2) is 12.7 Å². The second-order valence-electron chi connectivity index (χ2n) is 7.35. The molecular formula is C23H36IN5O2S. The number of hydrogen-bond acceptors (Lipinski definition) is 4. The van der Waals surface area contributed by atoms with Gasteiger partial charge in [0, 0.05) is 34.2 Å². The maximum absolute atomic E-state index is 12.6. The largest absolute Gasteiger partial charge is 0.354 e. The van der Waals surface area contributed by atoms with Crippen molar-refractivity contribution in [3.63, 3.8) is 0 Å². The molecule has 0 fully saturated rings. The molecule has 2 aromatic rings. The van der Waals surface area contributed by atoms with Crippen molar-refractivity contribution in [1.29, 1.82) is 0 Å². The molecule has 0 aliphatic rings. The van der Waals surface area contributed by atoms with Crippen LogP contribution in [0.25, 0.3) is 0 Å². The Kier molecular flexibility index (Phi) is 12.2. The number of rotatable bonds is 10. The van der Waals surface area contributed by atoms with E-state index >= 15 is 0 Å². The van der Waals surface area contributed by atoms with Gasteiger partial charge in [0.05, 0.1) is 10.9 Å². The Morgan fingerprint density at radius 1 is 0.969 bits per heavy atom. The quantitative estimate of drug-likeness (QED) is 0.259. The zero-order valence-electron chi connectivity index (χ0n) is 19.6. The van der Waals surface area contributed by atoms with E-state index in [-0.39, 0.29) is 30.0 Å². The van der Waals surface area contributed by atoms with Gasteiger partial charge in [0.1, 0.15) is 0 Å². The van der Waals surface area contributed by atoms with Crippen molar-refractivity contribution in [2.45, 2.75) is 31.3 Å². The molecule has 7 nitrogen and oxygen atoms in total. The van der Waals surface area contributed by atoms with Gasteiger partial charge in [-0.05, 0) is 30.3 Å². The van der Waals surface area contributed by atoms with Gasteiger partial charge in [-0.3, -0.25) is 9.89 Å². The minimum atomic E-state index is -3.52. The van der Waals surface area contributed by atoms with Gasteiger partial charge in [0.15, 0.2) is 5.96 Å². The highest BCUT2D eigenvalue weighted by Crippen LogP contribution is 2.20. The number of nitrogens with one attached hydrogen (secondary N) is 2. The molecule has 0 aromatic heterocycles. The van der Waals surface area contributed by atoms with E-state index < -0.39 is 10.0 Å². The standard InChI is InChI=1S/C23H35N5O2S.HI/c1-6-28(7-2)21(19-13-9-8-10-14-19)18-26-23(24-3)25-17-20-15-11-12-16-22(20)31(29,30)27(4)5;/h8-16,21H,6-7,17-18H2,1-5H3,(H2,24,25,26);1H. The third-order valence-electron chi connectivity index (χ3n) is 5.30. The number of guanidine groups is 1. The fourth-order valence-electron chi connectivity index (χ4n) is 3.49. The van der Waals surface area contributed by atoms with Crippen LogP contribution in [0.5, 0.6) is 0 Å². The molecule has 2 N–H and O–H groups in total. The van der Waals surface area contributed by atoms with Crippen LogP contribution in [-0.2, 0) is 16.6 Å². The van der Waals surface area contributed by atoms with E-state index in [2.05, 4.69) is 58.6 Å². The molecule has 0 heterocycles. The van der Waals surface area contributed by atoms with Crippen LogP contribution >= 0.6 is 24.0 Å². The van der Waals surface area contributed by atoms with Crippen molar-refractivity contribution in [3.05, 3.63) is 65.7 Å². The van der Waals surface area contributed by atoms with E-state index in [9.17, 15) is 8.42 Å². The minimum absolute atomic E-state index is 0. The van der Waals surface area contributed by atoms with Crippen LogP contribution in [-0.4, -0.2) is 64.4 Å². The van der Waals surface area contributed by atoms with Crippen molar-refractivity contribution in [2.24, 2.45) is 4.99 Å². The monoisotopic (exact) mass is 573 g/mol. The molecule has 32 heavy (non-hydrogen) atoms. The molecule has 0 aliphatic heterocycles. The highest BCUT2D eigenvalue weighted by Gasteiger charge is 2.21. The number of nitrogens with zero attached hydrogens (tertiary/aromatic N) is 3. The Bertz CT molecular complexity index is 948. The summed E-state index contributed by atoms with van der Waals surface area (Å²) in [6.07, 6.45) is 0. The second kappa shape index (κ2) is 13.8. The van der Waals surface area contributed by atoms with Gasteiger partial charge >= 0.3 is 0 Å². The maximum atomic E-state index is 12.6. The lowest BCUT2D eigenvalue weighted by Crippen LogP contribution is -2.43. The first kappa shape index (κ1) is 28.3. The van der Waals surface area contributed by atoms with Crippen LogP contribution in [0.2, 0.25) is 0 Å². The van der Waals surface area contributed by atoms with Crippen LogP contribution in [0.4, 0.5) is 0 Å². The fraction of sp³-hybridized carbons (Fsp3) is 0.435. The summed E-state index contributed by atoms with van der Waals surface area (Å²) in [5, 5.41) is 6.66. The van der Waals surface area contributed by atoms with Crippen molar-refractivity contribution in [3.8, 4) is 0 Å². The second-order valence-corrected chi connectivity index (χ2v) is 9.47. The Balaban J connectivity index is 0.00000512. The average molecular weight is 574 g/mol. The number of aliphatic imine (C=N–C) groups is 1. The molecule has 0 saturated carbocycles. The predicted octanol–water partition coefficient (Wildman–Crippen LogP) is 3.30. The summed E-state index contributed by atoms with van der Waals surface area (Å²) in [5.41, 5.74) is 1.94. The van der Waals surface area contributed by atoms with Crippen molar-refractivity contribution in [1.82, 2.24) is 19.8 Å². The molecule has 9 heteroatoms. The molecule has 0 radical (unpaired) electrons. The molecule has 0 spiro atoms. The Labute approximate surface area is 210 Å². The molecule has 2 rings (SSSR count). The summed E-state index contributed by atoms with van der Waals surface area (Å²) < 4.78 is 26.5. The predicted molar refractivity (Wildman–Crippen MR) is 143 cm³/mol. The van der Waals surface area contributed by atoms with Gasteiger partial charge in [-0.2, -0.15) is 0 Å². The molecular weight excluding hydrogens is 537 g/mol. The molecule has 0 amide bonds. The number of sulfonamides is 1. The summed E-state index contributed by atoms with van der Waals surface area (Å²) in [6.45, 7) is 7.25. The highest BCUT2D eigenvalue weighted by molar-refractivity contribution is 14.0. The van der Waals surface area contributed by atoms with Crippen molar-refractivity contribution >= 4 is 40.0 Å². The van der Waals surface area contributed by atoms with Crippen LogP contribution in [0.3, 0.4) is 0 Å². The van der Waals surface area contributed by atoms with E-state index in [1.807, 2.05) is 18.2 Å². The first-order valence-corrected chi connectivity index (χ1v) is 12.0. The lowest BCUT2D eigenvalue weighted by atomic mass is 10.1. The van der Waals surface area contributed by atoms with Gasteiger partial charge in [0.25, 0.3) is 0 Å². The number of hydrogen-bond donors (Lipinski definition) is 2. The summed E-state index contributed by atoms with van der Waals surface area (Å²) in [7, 11) is 1.28. The highest BCUT2D eigenvalue weighted by atomic mass is 127. The Morgan fingerprint density at radius 2 is 1.56 bits per heavy atom. The van der Waals surface area contributed by atoms with Crippen LogP contribution in [0, 0.1) is 0 Å². The fourth-order valence-corrected chi connectivity index (χ4v) is 4.60. The first-order chi connectivity index (χ1) is 14.8. The Hall–Kier alpha value is -1.69. The maximum Gasteiger partial charge on any atom is 0.242 e. The molecule has 178 valence electrons. The van der Waals surface area contributed by atoms with Gasteiger partial charge < -0.3 is 10.6 Å². The molecule has 1 atom stereocenters. The van der Waals surface area contributed by atoms with Crippen molar-refractivity contribution < 1.29 is 8.42 Å². The van der Waals surface area contributed by atoms with E-state index in [0.29, 0.717) is 29.5 Å². The Morgan fingerprint density at radius 3 is 2.12 bits per heavy atom. The summed E-state index contributed by atoms with van der Waals surface area (Å²) in [5.74, 6) is 0.630. The smallest absolute Gasteiger partial charge is 0.242 e. The summed E-state index contributed by atoms with van der Waals surface area (Å²) >= 11 is 0. The molecule has 0 aliphatic carbocycles. The third kappa shape index (κ3) is 7.43. The molecule has 0 bridgehead atoms. The van der Waals surface area contributed by atoms with Crippen molar-refractivity contribution in [2.75, 3.05) is 40.8 Å². The molecule has 2 aromatic carbocycles. The summed E-state index contributed by atoms with van der Waals surface area (Å²) in [6, 6.07) is 17.7. The van der Waals surface area contributed by atoms with E-state index in [1.54, 1.807) is 19.2 Å². The minimum Gasteiger partial charge on any atom is -0.354 e. The van der Waals surface area contributed by atoms with Crippen LogP contribution in [0.1, 0.15) is 31.0 Å². The first-order valence-electron chi connectivity index (χ1n) is 10.6. The molecule has 0 saturated heterocycles. The van der Waals surface area contributed by atoms with E-state index in [4.69, 9.17) is 0 Å². The average Bonchev–Trinajstić information content (AvgIpc) is 2.79. The van der Waals surface area contributed by atoms with Crippen LogP contribution < -0.4 is 10.6 Å². The molecule has 1 unspecified atom stereocenters. The van der Waals surface area contributed by atoms with Crippen LogP contribution in [0.15, 0.2) is 64.5 Å². The lowest BCUT2D eigenvalue weighted by Gasteiger charge is -2.30. The summed E-state index contributed by atoms with van der Waals surface area (Å²) in [4.78, 5) is 7.02. The van der Waals surface area contributed by atoms with E-state index in [0.717, 1.165) is 13.1 Å². The van der Waals surface area contributed by atoms with Gasteiger partial charge in [-0.15, -0.1) is 24.0 Å². The van der Waals surface area contributed by atoms with Gasteiger partial charge in [-0.1, -0.05) is 62.4 Å². The lowest BCUT2D eigenvalue weighted by molar-refractivity contribution is 0.219. The zero-order chi connectivity index (χ0) is 22.9. The number of benzene rings is 2. The topological polar surface area (TPSA) is 77.0 Å². The zero-order valence-corrected chi connectivity index (χ0v) is 22.7.